The van der Waals surface area contributed by atoms with Gasteiger partial charge in [0.05, 0.1) is 18.0 Å². The van der Waals surface area contributed by atoms with E-state index in [0.29, 0.717) is 11.8 Å². The van der Waals surface area contributed by atoms with E-state index in [0.717, 1.165) is 41.2 Å². The fourth-order valence-corrected chi connectivity index (χ4v) is 4.79. The van der Waals surface area contributed by atoms with Gasteiger partial charge in [0, 0.05) is 18.7 Å². The highest BCUT2D eigenvalue weighted by Gasteiger charge is 2.25. The van der Waals surface area contributed by atoms with Gasteiger partial charge < -0.3 is 14.1 Å². The van der Waals surface area contributed by atoms with Gasteiger partial charge in [-0.15, -0.1) is 20.4 Å². The molecule has 8 nitrogen and oxygen atoms in total. The van der Waals surface area contributed by atoms with Crippen LogP contribution >= 0.6 is 11.8 Å². The van der Waals surface area contributed by atoms with Crippen LogP contribution < -0.4 is 9.64 Å². The molecule has 0 amide bonds. The second-order valence-corrected chi connectivity index (χ2v) is 9.24. The van der Waals surface area contributed by atoms with Gasteiger partial charge in [-0.25, -0.2) is 0 Å². The van der Waals surface area contributed by atoms with Crippen molar-refractivity contribution in [1.82, 2.24) is 25.0 Å². The largest absolute Gasteiger partial charge is 0.497 e. The number of methoxy groups -OCH3 is 1. The SMILES string of the molecule is COc1ccc(-c2nnc([C@H](C)Sc3nnc(N4CCCCC4)n3-c3ccccc3)o2)cc1. The Hall–Kier alpha value is -3.33. The molecule has 1 aliphatic heterocycles. The van der Waals surface area contributed by atoms with Gasteiger partial charge in [-0.05, 0) is 62.6 Å². The van der Waals surface area contributed by atoms with Crippen LogP contribution in [0.4, 0.5) is 5.95 Å². The van der Waals surface area contributed by atoms with E-state index in [9.17, 15) is 0 Å². The summed E-state index contributed by atoms with van der Waals surface area (Å²) < 4.78 is 13.3. The second kappa shape index (κ2) is 9.66. The van der Waals surface area contributed by atoms with Gasteiger partial charge in [0.15, 0.2) is 5.16 Å². The highest BCUT2D eigenvalue weighted by molar-refractivity contribution is 7.99. The Morgan fingerprint density at radius 3 is 2.39 bits per heavy atom. The molecule has 4 aromatic rings. The molecule has 5 rings (SSSR count). The summed E-state index contributed by atoms with van der Waals surface area (Å²) in [7, 11) is 1.64. The van der Waals surface area contributed by atoms with Crippen molar-refractivity contribution in [2.24, 2.45) is 0 Å². The van der Waals surface area contributed by atoms with E-state index in [-0.39, 0.29) is 5.25 Å². The van der Waals surface area contributed by atoms with Gasteiger partial charge in [-0.2, -0.15) is 0 Å². The van der Waals surface area contributed by atoms with Crippen LogP contribution in [0.3, 0.4) is 0 Å². The number of ether oxygens (including phenoxy) is 1. The molecule has 33 heavy (non-hydrogen) atoms. The molecule has 1 saturated heterocycles. The lowest BCUT2D eigenvalue weighted by molar-refractivity contribution is 0.415. The fraction of sp³-hybridized carbons (Fsp3) is 0.333. The van der Waals surface area contributed by atoms with E-state index in [1.165, 1.54) is 19.3 Å². The highest BCUT2D eigenvalue weighted by Crippen LogP contribution is 2.37. The second-order valence-electron chi connectivity index (χ2n) is 7.94. The van der Waals surface area contributed by atoms with E-state index >= 15 is 0 Å². The minimum absolute atomic E-state index is 0.0923. The van der Waals surface area contributed by atoms with Gasteiger partial charge in [0.2, 0.25) is 17.7 Å². The molecular weight excluding hydrogens is 436 g/mol. The Labute approximate surface area is 197 Å². The van der Waals surface area contributed by atoms with Gasteiger partial charge >= 0.3 is 0 Å². The van der Waals surface area contributed by atoms with Crippen LogP contribution in [0.5, 0.6) is 5.75 Å². The molecule has 1 atom stereocenters. The predicted octanol–water partition coefficient (Wildman–Crippen LogP) is 5.17. The van der Waals surface area contributed by atoms with Crippen molar-refractivity contribution in [1.29, 1.82) is 0 Å². The Balaban J connectivity index is 1.41. The number of thioether (sulfide) groups is 1. The summed E-state index contributed by atoms with van der Waals surface area (Å²) in [5, 5.41) is 18.4. The average Bonchev–Trinajstić information content (AvgIpc) is 3.53. The number of hydrogen-bond acceptors (Lipinski definition) is 8. The Morgan fingerprint density at radius 2 is 1.67 bits per heavy atom. The maximum Gasteiger partial charge on any atom is 0.247 e. The van der Waals surface area contributed by atoms with E-state index in [4.69, 9.17) is 9.15 Å². The number of aromatic nitrogens is 5. The molecule has 1 aliphatic rings. The standard InChI is InChI=1S/C24H26N6O2S/c1-17(21-25-26-22(32-21)18-11-13-20(31-2)14-12-18)33-24-28-27-23(29-15-7-4-8-16-29)30(24)19-9-5-3-6-10-19/h3,5-6,9-14,17H,4,7-8,15-16H2,1-2H3/t17-/m0/s1. The molecule has 0 N–H and O–H groups in total. The zero-order chi connectivity index (χ0) is 22.6. The van der Waals surface area contributed by atoms with E-state index < -0.39 is 0 Å². The van der Waals surface area contributed by atoms with Gasteiger partial charge in [0.1, 0.15) is 5.75 Å². The quantitative estimate of drug-likeness (QED) is 0.348. The normalized spacial score (nSPS) is 14.9. The average molecular weight is 463 g/mol. The van der Waals surface area contributed by atoms with E-state index in [2.05, 4.69) is 42.0 Å². The molecule has 3 heterocycles. The van der Waals surface area contributed by atoms with Crippen molar-refractivity contribution in [3.63, 3.8) is 0 Å². The van der Waals surface area contributed by atoms with Gasteiger partial charge in [-0.1, -0.05) is 30.0 Å². The number of para-hydroxylation sites is 1. The van der Waals surface area contributed by atoms with Crippen molar-refractivity contribution >= 4 is 17.7 Å². The Kier molecular flexibility index (Phi) is 6.30. The molecule has 2 aromatic heterocycles. The molecule has 0 spiro atoms. The first-order chi connectivity index (χ1) is 16.2. The predicted molar refractivity (Wildman–Crippen MR) is 128 cm³/mol. The zero-order valence-electron chi connectivity index (χ0n) is 18.7. The fourth-order valence-electron chi connectivity index (χ4n) is 3.90. The maximum atomic E-state index is 5.99. The molecule has 0 saturated carbocycles. The number of rotatable bonds is 7. The molecule has 1 fully saturated rings. The molecule has 170 valence electrons. The Bertz CT molecular complexity index is 1190. The monoisotopic (exact) mass is 462 g/mol. The number of nitrogens with zero attached hydrogens (tertiary/aromatic N) is 6. The minimum atomic E-state index is -0.0923. The van der Waals surface area contributed by atoms with Crippen LogP contribution in [0.1, 0.15) is 37.3 Å². The lowest BCUT2D eigenvalue weighted by Crippen LogP contribution is -2.31. The first-order valence-electron chi connectivity index (χ1n) is 11.1. The third-order valence-corrected chi connectivity index (χ3v) is 6.71. The highest BCUT2D eigenvalue weighted by atomic mass is 32.2. The maximum absolute atomic E-state index is 5.99. The minimum Gasteiger partial charge on any atom is -0.497 e. The molecular formula is C24H26N6O2S. The third-order valence-electron chi connectivity index (χ3n) is 5.68. The third kappa shape index (κ3) is 4.59. The van der Waals surface area contributed by atoms with Crippen molar-refractivity contribution in [3.8, 4) is 22.9 Å². The lowest BCUT2D eigenvalue weighted by atomic mass is 10.1. The van der Waals surface area contributed by atoms with Crippen LogP contribution in [0.2, 0.25) is 0 Å². The summed E-state index contributed by atoms with van der Waals surface area (Å²) in [6.07, 6.45) is 3.62. The van der Waals surface area contributed by atoms with Crippen molar-refractivity contribution in [2.45, 2.75) is 36.6 Å². The van der Waals surface area contributed by atoms with Crippen molar-refractivity contribution in [2.75, 3.05) is 25.1 Å². The molecule has 0 unspecified atom stereocenters. The summed E-state index contributed by atoms with van der Waals surface area (Å²) in [6, 6.07) is 17.8. The summed E-state index contributed by atoms with van der Waals surface area (Å²) in [5.41, 5.74) is 1.90. The topological polar surface area (TPSA) is 82.1 Å². The summed E-state index contributed by atoms with van der Waals surface area (Å²) >= 11 is 1.56. The van der Waals surface area contributed by atoms with Gasteiger partial charge in [-0.3, -0.25) is 4.57 Å². The van der Waals surface area contributed by atoms with Crippen LogP contribution in [-0.4, -0.2) is 45.2 Å². The molecule has 9 heteroatoms. The molecule has 0 bridgehead atoms. The Morgan fingerprint density at radius 1 is 0.909 bits per heavy atom. The molecule has 2 aromatic carbocycles. The van der Waals surface area contributed by atoms with E-state index in [1.807, 2.05) is 49.4 Å². The number of hydrogen-bond donors (Lipinski definition) is 0. The number of anilines is 1. The molecule has 0 aliphatic carbocycles. The summed E-state index contributed by atoms with van der Waals surface area (Å²) in [4.78, 5) is 2.33. The first-order valence-corrected chi connectivity index (χ1v) is 12.0. The molecule has 0 radical (unpaired) electrons. The van der Waals surface area contributed by atoms with Crippen LogP contribution in [0.15, 0.2) is 64.2 Å². The van der Waals surface area contributed by atoms with Crippen molar-refractivity contribution < 1.29 is 9.15 Å². The van der Waals surface area contributed by atoms with E-state index in [1.54, 1.807) is 18.9 Å². The van der Waals surface area contributed by atoms with Gasteiger partial charge in [0.25, 0.3) is 0 Å². The summed E-state index contributed by atoms with van der Waals surface area (Å²) in [5.74, 6) is 2.71. The zero-order valence-corrected chi connectivity index (χ0v) is 19.5. The summed E-state index contributed by atoms with van der Waals surface area (Å²) in [6.45, 7) is 4.04. The van der Waals surface area contributed by atoms with Crippen LogP contribution in [-0.2, 0) is 0 Å². The lowest BCUT2D eigenvalue weighted by Gasteiger charge is -2.27. The number of piperidine rings is 1. The van der Waals surface area contributed by atoms with Crippen LogP contribution in [0, 0.1) is 0 Å². The van der Waals surface area contributed by atoms with Crippen molar-refractivity contribution in [3.05, 3.63) is 60.5 Å². The van der Waals surface area contributed by atoms with Crippen LogP contribution in [0.25, 0.3) is 17.1 Å². The first kappa shape index (κ1) is 21.5. The number of benzene rings is 2. The smallest absolute Gasteiger partial charge is 0.247 e.